The van der Waals surface area contributed by atoms with Gasteiger partial charge in [0.15, 0.2) is 11.6 Å². The summed E-state index contributed by atoms with van der Waals surface area (Å²) in [6.45, 7) is 4.98. The lowest BCUT2D eigenvalue weighted by molar-refractivity contribution is -0.143. The average Bonchev–Trinajstić information content (AvgIpc) is 3.37. The predicted molar refractivity (Wildman–Crippen MR) is 149 cm³/mol. The molecule has 2 aliphatic heterocycles. The second-order valence-corrected chi connectivity index (χ2v) is 11.1. The Kier molecular flexibility index (Phi) is 9.84. The molecule has 1 aromatic heterocycles. The van der Waals surface area contributed by atoms with Gasteiger partial charge in [0.05, 0.1) is 20.3 Å². The number of halogens is 2. The van der Waals surface area contributed by atoms with Crippen molar-refractivity contribution >= 4 is 11.8 Å². The third-order valence-corrected chi connectivity index (χ3v) is 7.72. The van der Waals surface area contributed by atoms with Crippen molar-refractivity contribution < 1.29 is 32.9 Å². The van der Waals surface area contributed by atoms with Gasteiger partial charge in [0, 0.05) is 49.1 Å². The Hall–Kier alpha value is -2.98. The van der Waals surface area contributed by atoms with Crippen LogP contribution in [0.5, 0.6) is 11.5 Å². The Morgan fingerprint density at radius 2 is 2.02 bits per heavy atom. The number of fused-ring (bicyclic) bond motifs is 1. The van der Waals surface area contributed by atoms with Crippen molar-refractivity contribution in [3.8, 4) is 11.5 Å². The molecular weight excluding hydrogens is 520 g/mol. The standard InChI is InChI=1S/C30H41F2N3O5/c1-30(2,32)19-15-23(27(39-4)24(31)16-19)26(29(36)37)35-13-11-21(18-35)40-14-7-5-6-9-20-17-25(38-3)22-10-8-12-33-28(22)34-20/h15-17,21,26H,5-14,18H2,1-4H3,(H,33,34)(H,36,37)/t21-,26-/m1/s1. The molecule has 8 nitrogen and oxygen atoms in total. The predicted octanol–water partition coefficient (Wildman–Crippen LogP) is 5.43. The molecule has 0 saturated carbocycles. The fourth-order valence-corrected chi connectivity index (χ4v) is 5.59. The largest absolute Gasteiger partial charge is 0.496 e. The maximum absolute atomic E-state index is 14.8. The van der Waals surface area contributed by atoms with E-state index in [1.807, 2.05) is 6.07 Å². The summed E-state index contributed by atoms with van der Waals surface area (Å²) in [7, 11) is 2.98. The second kappa shape index (κ2) is 13.1. The lowest BCUT2D eigenvalue weighted by Crippen LogP contribution is -2.34. The van der Waals surface area contributed by atoms with E-state index in [2.05, 4.69) is 5.32 Å². The normalized spacial score (nSPS) is 18.2. The van der Waals surface area contributed by atoms with Crippen LogP contribution in [0.1, 0.15) is 74.4 Å². The van der Waals surface area contributed by atoms with E-state index < -0.39 is 23.5 Å². The number of unbranched alkanes of at least 4 members (excludes halogenated alkanes) is 2. The molecule has 220 valence electrons. The monoisotopic (exact) mass is 561 g/mol. The summed E-state index contributed by atoms with van der Waals surface area (Å²) in [6, 6.07) is 3.33. The Morgan fingerprint density at radius 1 is 1.23 bits per heavy atom. The number of benzene rings is 1. The number of rotatable bonds is 13. The van der Waals surface area contributed by atoms with Gasteiger partial charge in [-0.05, 0) is 70.1 Å². The molecule has 1 fully saturated rings. The highest BCUT2D eigenvalue weighted by Gasteiger charge is 2.37. The van der Waals surface area contributed by atoms with E-state index >= 15 is 0 Å². The first-order valence-corrected chi connectivity index (χ1v) is 14.1. The molecule has 10 heteroatoms. The number of pyridine rings is 1. The van der Waals surface area contributed by atoms with Crippen molar-refractivity contribution in [1.82, 2.24) is 9.88 Å². The first-order valence-electron chi connectivity index (χ1n) is 14.1. The highest BCUT2D eigenvalue weighted by Crippen LogP contribution is 2.38. The van der Waals surface area contributed by atoms with Crippen molar-refractivity contribution in [2.45, 2.75) is 76.6 Å². The summed E-state index contributed by atoms with van der Waals surface area (Å²) < 4.78 is 46.3. The van der Waals surface area contributed by atoms with Crippen LogP contribution >= 0.6 is 0 Å². The molecule has 4 rings (SSSR count). The van der Waals surface area contributed by atoms with E-state index in [9.17, 15) is 18.7 Å². The zero-order chi connectivity index (χ0) is 28.9. The lowest BCUT2D eigenvalue weighted by atomic mass is 9.94. The minimum Gasteiger partial charge on any atom is -0.496 e. The quantitative estimate of drug-likeness (QED) is 0.313. The van der Waals surface area contributed by atoms with Gasteiger partial charge in [-0.2, -0.15) is 0 Å². The highest BCUT2D eigenvalue weighted by atomic mass is 19.1. The molecule has 2 aromatic rings. The van der Waals surface area contributed by atoms with Gasteiger partial charge >= 0.3 is 5.97 Å². The number of hydrogen-bond donors (Lipinski definition) is 2. The lowest BCUT2D eigenvalue weighted by Gasteiger charge is -2.27. The third-order valence-electron chi connectivity index (χ3n) is 7.72. The number of aryl methyl sites for hydroxylation is 1. The van der Waals surface area contributed by atoms with Gasteiger partial charge in [-0.1, -0.05) is 6.42 Å². The van der Waals surface area contributed by atoms with Crippen molar-refractivity contribution in [2.24, 2.45) is 0 Å². The van der Waals surface area contributed by atoms with Crippen LogP contribution in [0.25, 0.3) is 0 Å². The van der Waals surface area contributed by atoms with Crippen LogP contribution in [-0.4, -0.2) is 67.5 Å². The number of anilines is 1. The van der Waals surface area contributed by atoms with E-state index in [-0.39, 0.29) is 23.0 Å². The zero-order valence-corrected chi connectivity index (χ0v) is 23.9. The van der Waals surface area contributed by atoms with Crippen molar-refractivity contribution in [1.29, 1.82) is 0 Å². The SMILES string of the molecule is COc1cc(CCCCCO[C@@H]2CCN([C@@H](C(=O)O)c3cc(C(C)(C)F)cc(F)c3OC)C2)nc2c1CCCN2. The molecule has 0 radical (unpaired) electrons. The van der Waals surface area contributed by atoms with E-state index in [0.29, 0.717) is 26.1 Å². The number of nitrogens with zero attached hydrogens (tertiary/aromatic N) is 2. The molecule has 1 aromatic carbocycles. The minimum absolute atomic E-state index is 0.0688. The van der Waals surface area contributed by atoms with E-state index in [1.165, 1.54) is 27.0 Å². The smallest absolute Gasteiger partial charge is 0.325 e. The fraction of sp³-hybridized carbons (Fsp3) is 0.600. The molecule has 0 aliphatic carbocycles. The Balaban J connectivity index is 1.28. The van der Waals surface area contributed by atoms with Crippen LogP contribution in [0.4, 0.5) is 14.6 Å². The van der Waals surface area contributed by atoms with Crippen LogP contribution < -0.4 is 14.8 Å². The number of aliphatic carboxylic acids is 1. The number of hydrogen-bond acceptors (Lipinski definition) is 7. The van der Waals surface area contributed by atoms with Crippen molar-refractivity contribution in [3.05, 3.63) is 46.4 Å². The molecule has 0 unspecified atom stereocenters. The molecule has 1 saturated heterocycles. The topological polar surface area (TPSA) is 93.2 Å². The maximum Gasteiger partial charge on any atom is 0.325 e. The first kappa shape index (κ1) is 30.0. The molecule has 0 spiro atoms. The molecule has 0 amide bonds. The highest BCUT2D eigenvalue weighted by molar-refractivity contribution is 5.77. The molecule has 2 aliphatic rings. The van der Waals surface area contributed by atoms with Gasteiger partial charge in [0.2, 0.25) is 0 Å². The molecular formula is C30H41F2N3O5. The summed E-state index contributed by atoms with van der Waals surface area (Å²) in [5.74, 6) is -0.253. The first-order chi connectivity index (χ1) is 19.1. The number of likely N-dealkylation sites (tertiary alicyclic amines) is 1. The molecule has 0 bridgehead atoms. The van der Waals surface area contributed by atoms with Gasteiger partial charge < -0.3 is 24.6 Å². The third kappa shape index (κ3) is 7.01. The van der Waals surface area contributed by atoms with Gasteiger partial charge in [-0.15, -0.1) is 0 Å². The van der Waals surface area contributed by atoms with Gasteiger partial charge in [0.1, 0.15) is 23.3 Å². The molecule has 2 N–H and O–H groups in total. The Labute approximate surface area is 235 Å². The number of nitrogens with one attached hydrogen (secondary N) is 1. The molecule has 2 atom stereocenters. The molecule has 3 heterocycles. The number of methoxy groups -OCH3 is 2. The van der Waals surface area contributed by atoms with E-state index in [4.69, 9.17) is 19.2 Å². The van der Waals surface area contributed by atoms with Crippen molar-refractivity contribution in [2.75, 3.05) is 45.8 Å². The van der Waals surface area contributed by atoms with E-state index in [1.54, 1.807) is 12.0 Å². The number of ether oxygens (including phenoxy) is 3. The number of carboxylic acid groups (broad SMARTS) is 1. The average molecular weight is 562 g/mol. The van der Waals surface area contributed by atoms with Crippen LogP contribution in [0.2, 0.25) is 0 Å². The van der Waals surface area contributed by atoms with Crippen LogP contribution in [0.3, 0.4) is 0 Å². The van der Waals surface area contributed by atoms with Crippen LogP contribution in [0, 0.1) is 5.82 Å². The Morgan fingerprint density at radius 3 is 2.73 bits per heavy atom. The summed E-state index contributed by atoms with van der Waals surface area (Å²) >= 11 is 0. The number of aromatic nitrogens is 1. The maximum atomic E-state index is 14.8. The molecule has 40 heavy (non-hydrogen) atoms. The zero-order valence-electron chi connectivity index (χ0n) is 23.9. The number of carboxylic acids is 1. The Bertz CT molecular complexity index is 1170. The van der Waals surface area contributed by atoms with Gasteiger partial charge in [-0.25, -0.2) is 13.8 Å². The summed E-state index contributed by atoms with van der Waals surface area (Å²) in [5, 5.41) is 13.4. The second-order valence-electron chi connectivity index (χ2n) is 11.1. The fourth-order valence-electron chi connectivity index (χ4n) is 5.59. The summed E-state index contributed by atoms with van der Waals surface area (Å²) in [6.07, 6.45) is 6.28. The van der Waals surface area contributed by atoms with Gasteiger partial charge in [0.25, 0.3) is 0 Å². The van der Waals surface area contributed by atoms with Gasteiger partial charge in [-0.3, -0.25) is 9.69 Å². The van der Waals surface area contributed by atoms with Crippen molar-refractivity contribution in [3.63, 3.8) is 0 Å². The van der Waals surface area contributed by atoms with E-state index in [0.717, 1.165) is 74.0 Å². The minimum atomic E-state index is -1.83. The van der Waals surface area contributed by atoms with Crippen LogP contribution in [0.15, 0.2) is 18.2 Å². The summed E-state index contributed by atoms with van der Waals surface area (Å²) in [5.41, 5.74) is 0.521. The summed E-state index contributed by atoms with van der Waals surface area (Å²) in [4.78, 5) is 18.8. The number of carbonyl (C=O) groups is 1. The van der Waals surface area contributed by atoms with Crippen LogP contribution in [-0.2, 0) is 28.0 Å². The number of alkyl halides is 1.